The van der Waals surface area contributed by atoms with Crippen LogP contribution in [0, 0.1) is 6.92 Å². The maximum Gasteiger partial charge on any atom is 0.326 e. The molecule has 104 valence electrons. The van der Waals surface area contributed by atoms with E-state index < -0.39 is 12.0 Å². The third-order valence-corrected chi connectivity index (χ3v) is 2.82. The van der Waals surface area contributed by atoms with Gasteiger partial charge in [0.05, 0.1) is 0 Å². The standard InChI is InChI=1S/C14H16N4O2/c1-3-11(14(19)20)17-12-8-9(2)16-13(18-12)10-4-6-15-7-5-10/h4-8,11H,3H2,1-2H3,(H,19,20)(H,16,17,18). The van der Waals surface area contributed by atoms with E-state index in [1.165, 1.54) is 0 Å². The fourth-order valence-corrected chi connectivity index (χ4v) is 1.79. The number of nitrogens with zero attached hydrogens (tertiary/aromatic N) is 3. The van der Waals surface area contributed by atoms with E-state index in [1.54, 1.807) is 18.5 Å². The second kappa shape index (κ2) is 6.10. The number of hydrogen-bond acceptors (Lipinski definition) is 5. The molecule has 0 radical (unpaired) electrons. The Morgan fingerprint density at radius 1 is 1.35 bits per heavy atom. The Labute approximate surface area is 116 Å². The van der Waals surface area contributed by atoms with Crippen LogP contribution in [0.4, 0.5) is 5.82 Å². The van der Waals surface area contributed by atoms with Crippen LogP contribution in [0.25, 0.3) is 11.4 Å². The van der Waals surface area contributed by atoms with Crippen molar-refractivity contribution < 1.29 is 9.90 Å². The normalized spacial score (nSPS) is 11.9. The number of anilines is 1. The maximum atomic E-state index is 11.1. The molecule has 0 bridgehead atoms. The molecule has 0 aliphatic carbocycles. The van der Waals surface area contributed by atoms with E-state index in [2.05, 4.69) is 20.3 Å². The van der Waals surface area contributed by atoms with Crippen molar-refractivity contribution >= 4 is 11.8 Å². The molecular weight excluding hydrogens is 256 g/mol. The molecule has 2 heterocycles. The Balaban J connectivity index is 2.32. The van der Waals surface area contributed by atoms with E-state index in [-0.39, 0.29) is 0 Å². The Bertz CT molecular complexity index is 601. The van der Waals surface area contributed by atoms with Gasteiger partial charge in [0.25, 0.3) is 0 Å². The smallest absolute Gasteiger partial charge is 0.326 e. The second-order valence-electron chi connectivity index (χ2n) is 4.40. The molecule has 2 rings (SSSR count). The van der Waals surface area contributed by atoms with Gasteiger partial charge in [-0.1, -0.05) is 6.92 Å². The zero-order valence-corrected chi connectivity index (χ0v) is 11.4. The van der Waals surface area contributed by atoms with Gasteiger partial charge < -0.3 is 10.4 Å². The number of carboxylic acid groups (broad SMARTS) is 1. The quantitative estimate of drug-likeness (QED) is 0.866. The number of aryl methyl sites for hydroxylation is 1. The summed E-state index contributed by atoms with van der Waals surface area (Å²) in [4.78, 5) is 23.7. The minimum Gasteiger partial charge on any atom is -0.480 e. The van der Waals surface area contributed by atoms with Gasteiger partial charge in [-0.3, -0.25) is 4.98 Å². The first-order chi connectivity index (χ1) is 9.60. The zero-order chi connectivity index (χ0) is 14.5. The SMILES string of the molecule is CCC(Nc1cc(C)nc(-c2ccncc2)n1)C(=O)O. The number of nitrogens with one attached hydrogen (secondary N) is 1. The van der Waals surface area contributed by atoms with Crippen molar-refractivity contribution in [2.45, 2.75) is 26.3 Å². The Morgan fingerprint density at radius 3 is 2.65 bits per heavy atom. The van der Waals surface area contributed by atoms with Gasteiger partial charge in [0.15, 0.2) is 5.82 Å². The fourth-order valence-electron chi connectivity index (χ4n) is 1.79. The lowest BCUT2D eigenvalue weighted by atomic mass is 10.2. The predicted octanol–water partition coefficient (Wildman–Crippen LogP) is 2.12. The molecule has 6 nitrogen and oxygen atoms in total. The first-order valence-corrected chi connectivity index (χ1v) is 6.35. The van der Waals surface area contributed by atoms with Gasteiger partial charge in [0.1, 0.15) is 11.9 Å². The Hall–Kier alpha value is -2.50. The van der Waals surface area contributed by atoms with Crippen molar-refractivity contribution in [3.05, 3.63) is 36.3 Å². The highest BCUT2D eigenvalue weighted by molar-refractivity contribution is 5.76. The average molecular weight is 272 g/mol. The molecule has 20 heavy (non-hydrogen) atoms. The molecule has 2 N–H and O–H groups in total. The molecular formula is C14H16N4O2. The largest absolute Gasteiger partial charge is 0.480 e. The zero-order valence-electron chi connectivity index (χ0n) is 11.4. The van der Waals surface area contributed by atoms with Gasteiger partial charge in [0.2, 0.25) is 0 Å². The van der Waals surface area contributed by atoms with Crippen molar-refractivity contribution in [3.8, 4) is 11.4 Å². The number of hydrogen-bond donors (Lipinski definition) is 2. The van der Waals surface area contributed by atoms with E-state index >= 15 is 0 Å². The van der Waals surface area contributed by atoms with E-state index in [1.807, 2.05) is 26.0 Å². The van der Waals surface area contributed by atoms with Crippen molar-refractivity contribution in [1.82, 2.24) is 15.0 Å². The molecule has 0 amide bonds. The Morgan fingerprint density at radius 2 is 2.05 bits per heavy atom. The van der Waals surface area contributed by atoms with Gasteiger partial charge in [-0.05, 0) is 25.5 Å². The van der Waals surface area contributed by atoms with Gasteiger partial charge >= 0.3 is 5.97 Å². The van der Waals surface area contributed by atoms with Crippen LogP contribution < -0.4 is 5.32 Å². The van der Waals surface area contributed by atoms with E-state index in [9.17, 15) is 4.79 Å². The van der Waals surface area contributed by atoms with Gasteiger partial charge in [0, 0.05) is 29.7 Å². The van der Waals surface area contributed by atoms with Crippen molar-refractivity contribution in [2.75, 3.05) is 5.32 Å². The highest BCUT2D eigenvalue weighted by atomic mass is 16.4. The molecule has 0 saturated carbocycles. The topological polar surface area (TPSA) is 88.0 Å². The van der Waals surface area contributed by atoms with Crippen LogP contribution in [0.1, 0.15) is 19.0 Å². The second-order valence-corrected chi connectivity index (χ2v) is 4.40. The summed E-state index contributed by atoms with van der Waals surface area (Å²) in [5.41, 5.74) is 1.62. The molecule has 0 aromatic carbocycles. The summed E-state index contributed by atoms with van der Waals surface area (Å²) in [5, 5.41) is 12.0. The minimum atomic E-state index is -0.894. The molecule has 0 spiro atoms. The number of carboxylic acids is 1. The molecule has 6 heteroatoms. The van der Waals surface area contributed by atoms with Crippen molar-refractivity contribution in [2.24, 2.45) is 0 Å². The van der Waals surface area contributed by atoms with Crippen molar-refractivity contribution in [1.29, 1.82) is 0 Å². The molecule has 0 aliphatic heterocycles. The average Bonchev–Trinajstić information content (AvgIpc) is 2.45. The summed E-state index contributed by atoms with van der Waals surface area (Å²) < 4.78 is 0. The third kappa shape index (κ3) is 3.28. The summed E-state index contributed by atoms with van der Waals surface area (Å²) in [5.74, 6) is 0.169. The summed E-state index contributed by atoms with van der Waals surface area (Å²) in [7, 11) is 0. The number of carbonyl (C=O) groups is 1. The first kappa shape index (κ1) is 13.9. The van der Waals surface area contributed by atoms with Crippen LogP contribution in [0.15, 0.2) is 30.6 Å². The van der Waals surface area contributed by atoms with Gasteiger partial charge in [-0.2, -0.15) is 0 Å². The number of aliphatic carboxylic acids is 1. The molecule has 0 aliphatic rings. The monoisotopic (exact) mass is 272 g/mol. The number of rotatable bonds is 5. The molecule has 1 atom stereocenters. The summed E-state index contributed by atoms with van der Waals surface area (Å²) in [6.07, 6.45) is 3.81. The first-order valence-electron chi connectivity index (χ1n) is 6.35. The van der Waals surface area contributed by atoms with Gasteiger partial charge in [-0.25, -0.2) is 14.8 Å². The fraction of sp³-hybridized carbons (Fsp3) is 0.286. The summed E-state index contributed by atoms with van der Waals surface area (Å²) in [6.45, 7) is 3.66. The van der Waals surface area contributed by atoms with Crippen LogP contribution in [0.3, 0.4) is 0 Å². The van der Waals surface area contributed by atoms with Crippen LogP contribution >= 0.6 is 0 Å². The van der Waals surface area contributed by atoms with Crippen LogP contribution in [-0.2, 0) is 4.79 Å². The summed E-state index contributed by atoms with van der Waals surface area (Å²) >= 11 is 0. The molecule has 0 saturated heterocycles. The lowest BCUT2D eigenvalue weighted by Gasteiger charge is -2.14. The van der Waals surface area contributed by atoms with Crippen LogP contribution in [-0.4, -0.2) is 32.1 Å². The number of aromatic nitrogens is 3. The Kier molecular flexibility index (Phi) is 4.24. The highest BCUT2D eigenvalue weighted by Crippen LogP contribution is 2.17. The van der Waals surface area contributed by atoms with Gasteiger partial charge in [-0.15, -0.1) is 0 Å². The lowest BCUT2D eigenvalue weighted by Crippen LogP contribution is -2.28. The van der Waals surface area contributed by atoms with Crippen molar-refractivity contribution in [3.63, 3.8) is 0 Å². The summed E-state index contributed by atoms with van der Waals surface area (Å²) in [6, 6.07) is 4.70. The minimum absolute atomic E-state index is 0.475. The van der Waals surface area contributed by atoms with E-state index in [4.69, 9.17) is 5.11 Å². The lowest BCUT2D eigenvalue weighted by molar-refractivity contribution is -0.137. The van der Waals surface area contributed by atoms with Crippen LogP contribution in [0.5, 0.6) is 0 Å². The van der Waals surface area contributed by atoms with E-state index in [0.717, 1.165) is 11.3 Å². The molecule has 2 aromatic heterocycles. The number of pyridine rings is 1. The third-order valence-electron chi connectivity index (χ3n) is 2.82. The molecule has 2 aromatic rings. The predicted molar refractivity (Wildman–Crippen MR) is 75.3 cm³/mol. The highest BCUT2D eigenvalue weighted by Gasteiger charge is 2.15. The van der Waals surface area contributed by atoms with Crippen LogP contribution in [0.2, 0.25) is 0 Å². The molecule has 1 unspecified atom stereocenters. The maximum absolute atomic E-state index is 11.1. The molecule has 0 fully saturated rings. The van der Waals surface area contributed by atoms with E-state index in [0.29, 0.717) is 18.1 Å².